The van der Waals surface area contributed by atoms with E-state index in [0.29, 0.717) is 13.0 Å². The number of carbonyl (C=O) groups is 1. The Morgan fingerprint density at radius 1 is 1.22 bits per heavy atom. The third-order valence-electron chi connectivity index (χ3n) is 5.23. The van der Waals surface area contributed by atoms with Crippen LogP contribution < -0.4 is 0 Å². The van der Waals surface area contributed by atoms with Gasteiger partial charge in [-0.2, -0.15) is 0 Å². The Kier molecular flexibility index (Phi) is 5.92. The fraction of sp³-hybridized carbons (Fsp3) is 0.455. The van der Waals surface area contributed by atoms with E-state index in [1.54, 1.807) is 11.9 Å². The molecule has 0 saturated carbocycles. The molecule has 27 heavy (non-hydrogen) atoms. The Morgan fingerprint density at radius 3 is 2.74 bits per heavy atom. The first kappa shape index (κ1) is 19.9. The Bertz CT molecular complexity index is 889. The van der Waals surface area contributed by atoms with Gasteiger partial charge in [-0.3, -0.25) is 9.79 Å². The minimum Gasteiger partial charge on any atom is -0.466 e. The van der Waals surface area contributed by atoms with Gasteiger partial charge in [0.25, 0.3) is 0 Å². The van der Waals surface area contributed by atoms with Crippen LogP contribution in [0.2, 0.25) is 0 Å². The molecule has 0 atom stereocenters. The number of fused-ring (bicyclic) bond motifs is 3. The van der Waals surface area contributed by atoms with E-state index in [9.17, 15) is 4.79 Å². The molecular formula is C22H28N2O2S. The van der Waals surface area contributed by atoms with Crippen LogP contribution in [0.25, 0.3) is 10.8 Å². The van der Waals surface area contributed by atoms with E-state index in [1.807, 2.05) is 6.92 Å². The van der Waals surface area contributed by atoms with Gasteiger partial charge in [0.1, 0.15) is 0 Å². The smallest absolute Gasteiger partial charge is 0.305 e. The molecule has 3 rings (SSSR count). The largest absolute Gasteiger partial charge is 0.466 e. The second-order valence-corrected chi connectivity index (χ2v) is 8.73. The van der Waals surface area contributed by atoms with Gasteiger partial charge in [-0.25, -0.2) is 4.31 Å². The summed E-state index contributed by atoms with van der Waals surface area (Å²) in [6.45, 7) is 9.73. The lowest BCUT2D eigenvalue weighted by Gasteiger charge is -2.23. The highest BCUT2D eigenvalue weighted by Gasteiger charge is 2.34. The molecule has 0 spiro atoms. The van der Waals surface area contributed by atoms with Gasteiger partial charge < -0.3 is 4.74 Å². The van der Waals surface area contributed by atoms with Crippen molar-refractivity contribution in [3.8, 4) is 0 Å². The van der Waals surface area contributed by atoms with Crippen LogP contribution in [0.5, 0.6) is 0 Å². The molecule has 0 aromatic heterocycles. The lowest BCUT2D eigenvalue weighted by atomic mass is 9.80. The van der Waals surface area contributed by atoms with Crippen LogP contribution in [0.3, 0.4) is 0 Å². The van der Waals surface area contributed by atoms with Crippen LogP contribution in [-0.4, -0.2) is 36.2 Å². The second-order valence-electron chi connectivity index (χ2n) is 7.48. The van der Waals surface area contributed by atoms with Gasteiger partial charge in [0.2, 0.25) is 0 Å². The molecule has 0 saturated heterocycles. The highest BCUT2D eigenvalue weighted by molar-refractivity contribution is 7.97. The number of aliphatic imine (C=N–C) groups is 1. The molecule has 0 bridgehead atoms. The number of hydrogen-bond donors (Lipinski definition) is 0. The van der Waals surface area contributed by atoms with Crippen LogP contribution >= 0.6 is 11.9 Å². The van der Waals surface area contributed by atoms with Gasteiger partial charge in [-0.05, 0) is 67.7 Å². The number of nitrogens with zero attached hydrogens (tertiary/aromatic N) is 2. The second kappa shape index (κ2) is 8.03. The van der Waals surface area contributed by atoms with E-state index < -0.39 is 0 Å². The monoisotopic (exact) mass is 384 g/mol. The molecule has 0 radical (unpaired) electrons. The summed E-state index contributed by atoms with van der Waals surface area (Å²) in [5.41, 5.74) is 3.54. The molecule has 2 aromatic rings. The SMILES string of the molecule is CCOC(=O)CCCN(C)Sc1cccc2c3c(ccc12)N=C(C)C3(C)C. The van der Waals surface area contributed by atoms with Crippen molar-refractivity contribution in [2.45, 2.75) is 50.8 Å². The Morgan fingerprint density at radius 2 is 2.00 bits per heavy atom. The zero-order chi connectivity index (χ0) is 19.6. The maximum atomic E-state index is 11.5. The van der Waals surface area contributed by atoms with Gasteiger partial charge in [-0.15, -0.1) is 0 Å². The molecule has 1 aliphatic rings. The van der Waals surface area contributed by atoms with Crippen molar-refractivity contribution in [1.82, 2.24) is 4.31 Å². The third-order valence-corrected chi connectivity index (χ3v) is 6.28. The molecule has 0 amide bonds. The summed E-state index contributed by atoms with van der Waals surface area (Å²) < 4.78 is 7.18. The molecule has 1 heterocycles. The summed E-state index contributed by atoms with van der Waals surface area (Å²) in [4.78, 5) is 17.5. The Labute approximate surface area is 166 Å². The van der Waals surface area contributed by atoms with Crippen molar-refractivity contribution in [2.75, 3.05) is 20.2 Å². The standard InChI is InChI=1S/C22H28N2O2S/c1-6-26-20(25)11-8-14-24(5)27-19-10-7-9-17-16(19)12-13-18-21(17)22(3,4)15(2)23-18/h7,9-10,12-13H,6,8,11,14H2,1-5H3. The van der Waals surface area contributed by atoms with Crippen molar-refractivity contribution < 1.29 is 9.53 Å². The van der Waals surface area contributed by atoms with Crippen LogP contribution in [-0.2, 0) is 14.9 Å². The molecular weight excluding hydrogens is 356 g/mol. The normalized spacial score (nSPS) is 15.1. The summed E-state index contributed by atoms with van der Waals surface area (Å²) >= 11 is 1.73. The van der Waals surface area contributed by atoms with Gasteiger partial charge in [-0.1, -0.05) is 32.0 Å². The van der Waals surface area contributed by atoms with Crippen molar-refractivity contribution >= 4 is 40.1 Å². The molecule has 0 fully saturated rings. The summed E-state index contributed by atoms with van der Waals surface area (Å²) in [5, 5.41) is 2.54. The van der Waals surface area contributed by atoms with E-state index in [2.05, 4.69) is 62.5 Å². The summed E-state index contributed by atoms with van der Waals surface area (Å²) in [7, 11) is 2.07. The van der Waals surface area contributed by atoms with Crippen molar-refractivity contribution in [2.24, 2.45) is 4.99 Å². The summed E-state index contributed by atoms with van der Waals surface area (Å²) in [5.74, 6) is -0.116. The highest BCUT2D eigenvalue weighted by Crippen LogP contribution is 2.45. The molecule has 5 heteroatoms. The molecule has 2 aromatic carbocycles. The fourth-order valence-corrected chi connectivity index (χ4v) is 4.51. The van der Waals surface area contributed by atoms with Crippen LogP contribution in [0.1, 0.15) is 46.1 Å². The molecule has 4 nitrogen and oxygen atoms in total. The Balaban J connectivity index is 1.78. The number of esters is 1. The topological polar surface area (TPSA) is 41.9 Å². The quantitative estimate of drug-likeness (QED) is 0.466. The highest BCUT2D eigenvalue weighted by atomic mass is 32.2. The number of ether oxygens (including phenoxy) is 1. The van der Waals surface area contributed by atoms with Crippen LogP contribution in [0.15, 0.2) is 40.2 Å². The summed E-state index contributed by atoms with van der Waals surface area (Å²) in [6.07, 6.45) is 1.26. The summed E-state index contributed by atoms with van der Waals surface area (Å²) in [6, 6.07) is 10.8. The third kappa shape index (κ3) is 4.04. The number of hydrogen-bond acceptors (Lipinski definition) is 5. The van der Waals surface area contributed by atoms with Crippen molar-refractivity contribution in [3.05, 3.63) is 35.9 Å². The maximum Gasteiger partial charge on any atom is 0.305 e. The zero-order valence-electron chi connectivity index (χ0n) is 16.8. The first-order valence-electron chi connectivity index (χ1n) is 9.51. The fourth-order valence-electron chi connectivity index (χ4n) is 3.54. The molecule has 0 N–H and O–H groups in total. The van der Waals surface area contributed by atoms with Crippen molar-refractivity contribution in [3.63, 3.8) is 0 Å². The lowest BCUT2D eigenvalue weighted by Crippen LogP contribution is -2.23. The Hall–Kier alpha value is -1.85. The maximum absolute atomic E-state index is 11.5. The first-order chi connectivity index (χ1) is 12.8. The van der Waals surface area contributed by atoms with E-state index in [0.717, 1.165) is 18.7 Å². The molecule has 0 unspecified atom stereocenters. The predicted molar refractivity (Wildman–Crippen MR) is 114 cm³/mol. The minimum atomic E-state index is -0.116. The predicted octanol–water partition coefficient (Wildman–Crippen LogP) is 5.51. The first-order valence-corrected chi connectivity index (χ1v) is 10.3. The average Bonchev–Trinajstić information content (AvgIpc) is 2.84. The minimum absolute atomic E-state index is 0.0380. The van der Waals surface area contributed by atoms with E-state index >= 15 is 0 Å². The number of rotatable bonds is 7. The lowest BCUT2D eigenvalue weighted by molar-refractivity contribution is -0.143. The zero-order valence-corrected chi connectivity index (χ0v) is 17.7. The van der Waals surface area contributed by atoms with Gasteiger partial charge >= 0.3 is 5.97 Å². The average molecular weight is 385 g/mol. The van der Waals surface area contributed by atoms with Gasteiger partial charge in [0.15, 0.2) is 0 Å². The van der Waals surface area contributed by atoms with E-state index in [-0.39, 0.29) is 11.4 Å². The van der Waals surface area contributed by atoms with Crippen LogP contribution in [0.4, 0.5) is 5.69 Å². The van der Waals surface area contributed by atoms with E-state index in [1.165, 1.54) is 26.9 Å². The van der Waals surface area contributed by atoms with Gasteiger partial charge in [0.05, 0.1) is 12.3 Å². The van der Waals surface area contributed by atoms with Crippen molar-refractivity contribution in [1.29, 1.82) is 0 Å². The molecule has 144 valence electrons. The van der Waals surface area contributed by atoms with Crippen LogP contribution in [0, 0.1) is 0 Å². The van der Waals surface area contributed by atoms with E-state index in [4.69, 9.17) is 9.73 Å². The molecule has 1 aliphatic heterocycles. The number of carbonyl (C=O) groups excluding carboxylic acids is 1. The number of benzene rings is 2. The van der Waals surface area contributed by atoms with Gasteiger partial charge in [0, 0.05) is 29.0 Å². The molecule has 0 aliphatic carbocycles.